The van der Waals surface area contributed by atoms with Crippen LogP contribution in [0.1, 0.15) is 18.5 Å². The van der Waals surface area contributed by atoms with E-state index in [0.29, 0.717) is 5.71 Å². The van der Waals surface area contributed by atoms with Gasteiger partial charge in [0.15, 0.2) is 0 Å². The number of carboxylic acids is 1. The molecule has 2 unspecified atom stereocenters. The maximum Gasteiger partial charge on any atom is 0.314 e. The maximum absolute atomic E-state index is 11.8. The number of anilines is 1. The number of para-hydroxylation sites is 1. The minimum absolute atomic E-state index is 0.374. The fourth-order valence-electron chi connectivity index (χ4n) is 2.91. The van der Waals surface area contributed by atoms with Gasteiger partial charge in [0.25, 0.3) is 0 Å². The molecule has 0 aromatic heterocycles. The van der Waals surface area contributed by atoms with E-state index in [2.05, 4.69) is 5.10 Å². The second-order valence-electron chi connectivity index (χ2n) is 5.46. The Morgan fingerprint density at radius 3 is 2.35 bits per heavy atom. The lowest BCUT2D eigenvalue weighted by molar-refractivity contribution is -0.139. The van der Waals surface area contributed by atoms with Crippen LogP contribution in [0.5, 0.6) is 5.75 Å². The molecule has 2 aromatic carbocycles. The fourth-order valence-corrected chi connectivity index (χ4v) is 2.91. The van der Waals surface area contributed by atoms with Gasteiger partial charge in [0.2, 0.25) is 0 Å². The highest BCUT2D eigenvalue weighted by atomic mass is 16.5. The summed E-state index contributed by atoms with van der Waals surface area (Å²) < 4.78 is 5.18. The minimum atomic E-state index is -0.870. The van der Waals surface area contributed by atoms with Crippen molar-refractivity contribution in [3.8, 4) is 5.75 Å². The first kappa shape index (κ1) is 15.1. The standard InChI is InChI=1S/C18H18N2O3/c1-12-16(18(21)22)17(13-8-10-15(23-2)11-9-13)20(19-12)14-6-4-3-5-7-14/h3-11,16-17H,1-2H3,(H,21,22). The first-order valence-electron chi connectivity index (χ1n) is 7.38. The molecule has 0 saturated heterocycles. The Labute approximate surface area is 134 Å². The molecular formula is C18H18N2O3. The predicted octanol–water partition coefficient (Wildman–Crippen LogP) is 3.33. The van der Waals surface area contributed by atoms with E-state index in [-0.39, 0.29) is 6.04 Å². The molecule has 5 nitrogen and oxygen atoms in total. The van der Waals surface area contributed by atoms with E-state index >= 15 is 0 Å². The number of ether oxygens (including phenoxy) is 1. The molecule has 0 aliphatic carbocycles. The van der Waals surface area contributed by atoms with Crippen molar-refractivity contribution in [2.75, 3.05) is 12.1 Å². The summed E-state index contributed by atoms with van der Waals surface area (Å²) in [7, 11) is 1.61. The van der Waals surface area contributed by atoms with E-state index in [0.717, 1.165) is 17.0 Å². The molecule has 0 radical (unpaired) electrons. The van der Waals surface area contributed by atoms with E-state index in [9.17, 15) is 9.90 Å². The third kappa shape index (κ3) is 2.77. The van der Waals surface area contributed by atoms with Gasteiger partial charge in [-0.15, -0.1) is 0 Å². The second-order valence-corrected chi connectivity index (χ2v) is 5.46. The van der Waals surface area contributed by atoms with Gasteiger partial charge in [0.1, 0.15) is 11.7 Å². The monoisotopic (exact) mass is 310 g/mol. The van der Waals surface area contributed by atoms with Crippen molar-refractivity contribution in [1.29, 1.82) is 0 Å². The van der Waals surface area contributed by atoms with Crippen LogP contribution in [-0.4, -0.2) is 23.9 Å². The molecule has 0 saturated carbocycles. The number of benzene rings is 2. The largest absolute Gasteiger partial charge is 0.497 e. The van der Waals surface area contributed by atoms with E-state index in [1.807, 2.05) is 54.6 Å². The summed E-state index contributed by atoms with van der Waals surface area (Å²) in [4.78, 5) is 11.8. The first-order valence-corrected chi connectivity index (χ1v) is 7.38. The normalized spacial score (nSPS) is 20.3. The second kappa shape index (κ2) is 6.12. The molecule has 0 spiro atoms. The third-order valence-corrected chi connectivity index (χ3v) is 4.04. The number of carbonyl (C=O) groups is 1. The highest BCUT2D eigenvalue weighted by Crippen LogP contribution is 2.39. The number of nitrogens with zero attached hydrogens (tertiary/aromatic N) is 2. The Hall–Kier alpha value is -2.82. The molecule has 118 valence electrons. The number of methoxy groups -OCH3 is 1. The zero-order valence-corrected chi connectivity index (χ0v) is 13.0. The Balaban J connectivity index is 2.05. The molecule has 0 amide bonds. The topological polar surface area (TPSA) is 62.1 Å². The summed E-state index contributed by atoms with van der Waals surface area (Å²) in [5, 5.41) is 15.9. The summed E-state index contributed by atoms with van der Waals surface area (Å²) in [5.41, 5.74) is 2.36. The van der Waals surface area contributed by atoms with Gasteiger partial charge in [-0.1, -0.05) is 30.3 Å². The lowest BCUT2D eigenvalue weighted by Gasteiger charge is -2.27. The third-order valence-electron chi connectivity index (χ3n) is 4.04. The first-order chi connectivity index (χ1) is 11.1. The minimum Gasteiger partial charge on any atom is -0.497 e. The molecule has 0 bridgehead atoms. The van der Waals surface area contributed by atoms with E-state index in [4.69, 9.17) is 4.74 Å². The van der Waals surface area contributed by atoms with Crippen molar-refractivity contribution in [3.63, 3.8) is 0 Å². The smallest absolute Gasteiger partial charge is 0.314 e. The van der Waals surface area contributed by atoms with Gasteiger partial charge in [-0.25, -0.2) is 0 Å². The average molecular weight is 310 g/mol. The predicted molar refractivity (Wildman–Crippen MR) is 88.9 cm³/mol. The number of hydrogen-bond donors (Lipinski definition) is 1. The number of hydrazone groups is 1. The van der Waals surface area contributed by atoms with E-state index in [1.165, 1.54) is 0 Å². The molecule has 2 atom stereocenters. The summed E-state index contributed by atoms with van der Waals surface area (Å²) in [6.07, 6.45) is 0. The Morgan fingerprint density at radius 1 is 1.13 bits per heavy atom. The molecule has 0 fully saturated rings. The van der Waals surface area contributed by atoms with E-state index < -0.39 is 11.9 Å². The van der Waals surface area contributed by atoms with Crippen LogP contribution in [0.3, 0.4) is 0 Å². The molecule has 3 rings (SSSR count). The van der Waals surface area contributed by atoms with Gasteiger partial charge in [-0.3, -0.25) is 9.80 Å². The van der Waals surface area contributed by atoms with Crippen LogP contribution in [0, 0.1) is 5.92 Å². The van der Waals surface area contributed by atoms with Crippen molar-refractivity contribution >= 4 is 17.4 Å². The molecule has 2 aromatic rings. The summed E-state index contributed by atoms with van der Waals surface area (Å²) >= 11 is 0. The Kier molecular flexibility index (Phi) is 4.02. The van der Waals surface area contributed by atoms with Crippen molar-refractivity contribution in [1.82, 2.24) is 0 Å². The van der Waals surface area contributed by atoms with Gasteiger partial charge in [0, 0.05) is 0 Å². The lowest BCUT2D eigenvalue weighted by Crippen LogP contribution is -2.30. The summed E-state index contributed by atoms with van der Waals surface area (Å²) in [5.74, 6) is -0.809. The van der Waals surface area contributed by atoms with Gasteiger partial charge >= 0.3 is 5.97 Å². The number of carboxylic acid groups (broad SMARTS) is 1. The molecule has 1 aliphatic rings. The zero-order valence-electron chi connectivity index (χ0n) is 13.0. The Morgan fingerprint density at radius 2 is 1.78 bits per heavy atom. The van der Waals surface area contributed by atoms with Gasteiger partial charge in [-0.05, 0) is 36.8 Å². The van der Waals surface area contributed by atoms with Gasteiger partial charge in [0.05, 0.1) is 24.6 Å². The van der Waals surface area contributed by atoms with Crippen LogP contribution < -0.4 is 9.75 Å². The zero-order chi connectivity index (χ0) is 16.4. The van der Waals surface area contributed by atoms with Crippen molar-refractivity contribution < 1.29 is 14.6 Å². The lowest BCUT2D eigenvalue weighted by atomic mass is 9.90. The average Bonchev–Trinajstić information content (AvgIpc) is 2.93. The van der Waals surface area contributed by atoms with Crippen molar-refractivity contribution in [2.24, 2.45) is 11.0 Å². The molecule has 23 heavy (non-hydrogen) atoms. The summed E-state index contributed by atoms with van der Waals surface area (Å²) in [6.45, 7) is 1.76. The highest BCUT2D eigenvalue weighted by molar-refractivity contribution is 6.03. The molecule has 1 heterocycles. The summed E-state index contributed by atoms with van der Waals surface area (Å²) in [6, 6.07) is 16.7. The van der Waals surface area contributed by atoms with Crippen LogP contribution in [0.4, 0.5) is 5.69 Å². The molecule has 1 aliphatic heterocycles. The maximum atomic E-state index is 11.8. The van der Waals surface area contributed by atoms with Gasteiger partial charge < -0.3 is 9.84 Å². The quantitative estimate of drug-likeness (QED) is 0.941. The van der Waals surface area contributed by atoms with Gasteiger partial charge in [-0.2, -0.15) is 5.10 Å². The van der Waals surface area contributed by atoms with Crippen LogP contribution in [0.15, 0.2) is 59.7 Å². The number of hydrogen-bond acceptors (Lipinski definition) is 4. The Bertz CT molecular complexity index is 726. The molecule has 5 heteroatoms. The number of rotatable bonds is 4. The fraction of sp³-hybridized carbons (Fsp3) is 0.222. The van der Waals surface area contributed by atoms with Crippen molar-refractivity contribution in [3.05, 3.63) is 60.2 Å². The van der Waals surface area contributed by atoms with Crippen LogP contribution in [-0.2, 0) is 4.79 Å². The van der Waals surface area contributed by atoms with Crippen molar-refractivity contribution in [2.45, 2.75) is 13.0 Å². The van der Waals surface area contributed by atoms with E-state index in [1.54, 1.807) is 19.0 Å². The highest BCUT2D eigenvalue weighted by Gasteiger charge is 2.41. The van der Waals surface area contributed by atoms with Crippen LogP contribution >= 0.6 is 0 Å². The molecular weight excluding hydrogens is 292 g/mol. The number of aliphatic carboxylic acids is 1. The molecule has 1 N–H and O–H groups in total. The van der Waals surface area contributed by atoms with Crippen LogP contribution in [0.2, 0.25) is 0 Å². The van der Waals surface area contributed by atoms with Crippen LogP contribution in [0.25, 0.3) is 0 Å². The SMILES string of the molecule is COc1ccc(C2C(C(=O)O)C(C)=NN2c2ccccc2)cc1.